The number of carbonyl (C=O) groups excluding carboxylic acids is 1. The monoisotopic (exact) mass is 450 g/mol. The Morgan fingerprint density at radius 3 is 2.55 bits per heavy atom. The van der Waals surface area contributed by atoms with E-state index in [0.717, 1.165) is 0 Å². The predicted octanol–water partition coefficient (Wildman–Crippen LogP) is 4.52. The van der Waals surface area contributed by atoms with Crippen molar-refractivity contribution in [3.8, 4) is 11.1 Å². The summed E-state index contributed by atoms with van der Waals surface area (Å²) in [6, 6.07) is 9.41. The van der Waals surface area contributed by atoms with Gasteiger partial charge in [0, 0.05) is 24.9 Å². The first-order chi connectivity index (χ1) is 13.7. The van der Waals surface area contributed by atoms with Crippen LogP contribution in [0.15, 0.2) is 53.7 Å². The molecule has 0 aliphatic carbocycles. The molecule has 0 radical (unpaired) electrons. The third-order valence-corrected chi connectivity index (χ3v) is 6.27. The molecule has 2 N–H and O–H groups in total. The number of amides is 1. The Morgan fingerprint density at radius 1 is 1.07 bits per heavy atom. The minimum atomic E-state index is -3.99. The number of rotatable bonds is 5. The molecule has 0 fully saturated rings. The molecule has 0 spiro atoms. The fourth-order valence-corrected chi connectivity index (χ4v) is 4.42. The van der Waals surface area contributed by atoms with Crippen LogP contribution in [0.1, 0.15) is 12.6 Å². The number of nitrogens with zero attached hydrogens (tertiary/aromatic N) is 2. The van der Waals surface area contributed by atoms with Crippen molar-refractivity contribution in [2.45, 2.75) is 18.7 Å². The Balaban J connectivity index is 1.98. The number of pyridine rings is 2. The minimum Gasteiger partial charge on any atom is -0.311 e. The van der Waals surface area contributed by atoms with Crippen LogP contribution < -0.4 is 10.0 Å². The first-order valence-electron chi connectivity index (χ1n) is 8.35. The largest absolute Gasteiger partial charge is 0.311 e. The van der Waals surface area contributed by atoms with E-state index < -0.39 is 10.0 Å². The van der Waals surface area contributed by atoms with Gasteiger partial charge < -0.3 is 5.32 Å². The van der Waals surface area contributed by atoms with Gasteiger partial charge in [-0.2, -0.15) is 0 Å². The van der Waals surface area contributed by atoms with Crippen LogP contribution in [0, 0.1) is 6.92 Å². The average Bonchev–Trinajstić information content (AvgIpc) is 2.65. The van der Waals surface area contributed by atoms with Crippen LogP contribution in [-0.4, -0.2) is 24.3 Å². The Hall–Kier alpha value is -2.68. The second-order valence-electron chi connectivity index (χ2n) is 6.13. The van der Waals surface area contributed by atoms with Crippen molar-refractivity contribution in [3.05, 3.63) is 64.5 Å². The summed E-state index contributed by atoms with van der Waals surface area (Å²) in [6.07, 6.45) is 3.14. The highest BCUT2D eigenvalue weighted by atomic mass is 35.5. The molecule has 1 amide bonds. The van der Waals surface area contributed by atoms with Gasteiger partial charge in [-0.1, -0.05) is 29.3 Å². The first-order valence-corrected chi connectivity index (χ1v) is 10.6. The standard InChI is InChI=1S/C19H16Cl2N4O3S/c1-11-16(25-29(27,28)17-5-3-4-15(20)19(17)21)8-14(10-23-11)13-6-7-22-18(9-13)24-12(2)26/h3-10,25H,1-2H3,(H,22,24,26). The fourth-order valence-electron chi connectivity index (χ4n) is 2.54. The Labute approximate surface area is 178 Å². The summed E-state index contributed by atoms with van der Waals surface area (Å²) < 4.78 is 28.1. The van der Waals surface area contributed by atoms with Gasteiger partial charge in [-0.15, -0.1) is 0 Å². The predicted molar refractivity (Wildman–Crippen MR) is 114 cm³/mol. The molecule has 1 aromatic carbocycles. The van der Waals surface area contributed by atoms with Crippen LogP contribution in [0.5, 0.6) is 0 Å². The van der Waals surface area contributed by atoms with Crippen molar-refractivity contribution in [2.75, 3.05) is 10.0 Å². The molecule has 29 heavy (non-hydrogen) atoms. The zero-order valence-electron chi connectivity index (χ0n) is 15.4. The zero-order chi connectivity index (χ0) is 21.2. The molecule has 2 heterocycles. The molecule has 10 heteroatoms. The maximum Gasteiger partial charge on any atom is 0.263 e. The van der Waals surface area contributed by atoms with E-state index in [1.807, 2.05) is 0 Å². The summed E-state index contributed by atoms with van der Waals surface area (Å²) in [7, 11) is -3.99. The van der Waals surface area contributed by atoms with E-state index in [1.54, 1.807) is 31.3 Å². The third-order valence-electron chi connectivity index (χ3n) is 3.93. The molecule has 0 atom stereocenters. The van der Waals surface area contributed by atoms with Gasteiger partial charge in [0.25, 0.3) is 10.0 Å². The third kappa shape index (κ3) is 4.84. The molecule has 0 unspecified atom stereocenters. The highest BCUT2D eigenvalue weighted by Gasteiger charge is 2.21. The molecule has 0 aliphatic rings. The highest BCUT2D eigenvalue weighted by Crippen LogP contribution is 2.31. The molecule has 0 saturated heterocycles. The zero-order valence-corrected chi connectivity index (χ0v) is 17.7. The van der Waals surface area contributed by atoms with Gasteiger partial charge in [0.15, 0.2) is 0 Å². The molecular weight excluding hydrogens is 435 g/mol. The van der Waals surface area contributed by atoms with Crippen molar-refractivity contribution in [3.63, 3.8) is 0 Å². The van der Waals surface area contributed by atoms with E-state index in [9.17, 15) is 13.2 Å². The van der Waals surface area contributed by atoms with E-state index in [4.69, 9.17) is 23.2 Å². The first kappa shape index (κ1) is 21.0. The molecule has 0 bridgehead atoms. The van der Waals surface area contributed by atoms with Crippen LogP contribution in [0.25, 0.3) is 11.1 Å². The Morgan fingerprint density at radius 2 is 1.83 bits per heavy atom. The van der Waals surface area contributed by atoms with Gasteiger partial charge in [0.05, 0.1) is 21.4 Å². The molecule has 0 aliphatic heterocycles. The number of anilines is 2. The normalized spacial score (nSPS) is 11.2. The van der Waals surface area contributed by atoms with Gasteiger partial charge in [-0.3, -0.25) is 14.5 Å². The fraction of sp³-hybridized carbons (Fsp3) is 0.105. The quantitative estimate of drug-likeness (QED) is 0.594. The van der Waals surface area contributed by atoms with Crippen molar-refractivity contribution in [1.29, 1.82) is 0 Å². The van der Waals surface area contributed by atoms with Gasteiger partial charge in [0.2, 0.25) is 5.91 Å². The highest BCUT2D eigenvalue weighted by molar-refractivity contribution is 7.92. The number of hydrogen-bond acceptors (Lipinski definition) is 5. The van der Waals surface area contributed by atoms with E-state index in [2.05, 4.69) is 20.0 Å². The second kappa shape index (κ2) is 8.36. The molecule has 3 rings (SSSR count). The van der Waals surface area contributed by atoms with Crippen molar-refractivity contribution < 1.29 is 13.2 Å². The van der Waals surface area contributed by atoms with Crippen molar-refractivity contribution in [1.82, 2.24) is 9.97 Å². The van der Waals surface area contributed by atoms with Crippen molar-refractivity contribution >= 4 is 50.6 Å². The van der Waals surface area contributed by atoms with Crippen LogP contribution in [0.4, 0.5) is 11.5 Å². The summed E-state index contributed by atoms with van der Waals surface area (Å²) >= 11 is 12.0. The number of aryl methyl sites for hydroxylation is 1. The molecule has 150 valence electrons. The number of sulfonamides is 1. The maximum atomic E-state index is 12.8. The van der Waals surface area contributed by atoms with Gasteiger partial charge >= 0.3 is 0 Å². The molecular formula is C19H16Cl2N4O3S. The van der Waals surface area contributed by atoms with Crippen LogP contribution in [-0.2, 0) is 14.8 Å². The summed E-state index contributed by atoms with van der Waals surface area (Å²) in [5.41, 5.74) is 2.11. The molecule has 3 aromatic rings. The van der Waals surface area contributed by atoms with E-state index in [1.165, 1.54) is 31.3 Å². The molecule has 7 nitrogen and oxygen atoms in total. The minimum absolute atomic E-state index is 0.0579. The summed E-state index contributed by atoms with van der Waals surface area (Å²) in [6.45, 7) is 3.06. The number of halogens is 2. The summed E-state index contributed by atoms with van der Waals surface area (Å²) in [5.74, 6) is 0.131. The number of nitrogens with one attached hydrogen (secondary N) is 2. The van der Waals surface area contributed by atoms with Gasteiger partial charge in [0.1, 0.15) is 10.7 Å². The smallest absolute Gasteiger partial charge is 0.263 e. The Bertz CT molecular complexity index is 1200. The van der Waals surface area contributed by atoms with E-state index >= 15 is 0 Å². The number of aromatic nitrogens is 2. The Kier molecular flexibility index (Phi) is 6.07. The lowest BCUT2D eigenvalue weighted by Gasteiger charge is -2.13. The summed E-state index contributed by atoms with van der Waals surface area (Å²) in [5, 5.41) is 2.68. The van der Waals surface area contributed by atoms with Crippen LogP contribution >= 0.6 is 23.2 Å². The summed E-state index contributed by atoms with van der Waals surface area (Å²) in [4.78, 5) is 19.5. The van der Waals surface area contributed by atoms with E-state index in [0.29, 0.717) is 22.6 Å². The topological polar surface area (TPSA) is 101 Å². The van der Waals surface area contributed by atoms with Crippen molar-refractivity contribution in [2.24, 2.45) is 0 Å². The number of hydrogen-bond donors (Lipinski definition) is 2. The molecule has 0 saturated carbocycles. The van der Waals surface area contributed by atoms with Crippen LogP contribution in [0.2, 0.25) is 10.0 Å². The number of carbonyl (C=O) groups is 1. The average molecular weight is 451 g/mol. The second-order valence-corrected chi connectivity index (χ2v) is 8.56. The van der Waals surface area contributed by atoms with Crippen LogP contribution in [0.3, 0.4) is 0 Å². The lowest BCUT2D eigenvalue weighted by atomic mass is 10.1. The van der Waals surface area contributed by atoms with Gasteiger partial charge in [-0.25, -0.2) is 13.4 Å². The van der Waals surface area contributed by atoms with E-state index in [-0.39, 0.29) is 26.5 Å². The lowest BCUT2D eigenvalue weighted by molar-refractivity contribution is -0.114. The SMILES string of the molecule is CC(=O)Nc1cc(-c2cnc(C)c(NS(=O)(=O)c3cccc(Cl)c3Cl)c2)ccn1. The maximum absolute atomic E-state index is 12.8. The number of benzene rings is 1. The van der Waals surface area contributed by atoms with Gasteiger partial charge in [-0.05, 0) is 42.8 Å². The lowest BCUT2D eigenvalue weighted by Crippen LogP contribution is -2.15. The molecule has 2 aromatic heterocycles.